The standard InChI is InChI=1S/C21H19O6P/c22-16-6-10-18(11-7-16)26-21(24)14-15-28(25,20-4-2-1-3-5-20)27-19-12-8-17(23)9-13-19/h1-13,22-23H,14-15H2. The summed E-state index contributed by atoms with van der Waals surface area (Å²) in [6.45, 7) is 0. The quantitative estimate of drug-likeness (QED) is 0.354. The Morgan fingerprint density at radius 1 is 0.786 bits per heavy atom. The molecule has 0 amide bonds. The molecule has 3 rings (SSSR count). The van der Waals surface area contributed by atoms with Crippen LogP contribution in [0.5, 0.6) is 23.0 Å². The summed E-state index contributed by atoms with van der Waals surface area (Å²) >= 11 is 0. The second-order valence-corrected chi connectivity index (χ2v) is 8.53. The van der Waals surface area contributed by atoms with Crippen LogP contribution in [0.4, 0.5) is 0 Å². The zero-order valence-electron chi connectivity index (χ0n) is 14.9. The molecule has 3 aromatic carbocycles. The monoisotopic (exact) mass is 398 g/mol. The molecule has 0 saturated heterocycles. The van der Waals surface area contributed by atoms with Crippen molar-refractivity contribution in [2.75, 3.05) is 6.16 Å². The number of esters is 1. The highest BCUT2D eigenvalue weighted by Crippen LogP contribution is 2.46. The largest absolute Gasteiger partial charge is 0.508 e. The van der Waals surface area contributed by atoms with Crippen LogP contribution in [0.15, 0.2) is 78.9 Å². The molecule has 1 atom stereocenters. The molecule has 0 radical (unpaired) electrons. The van der Waals surface area contributed by atoms with Crippen LogP contribution in [0.25, 0.3) is 0 Å². The number of aromatic hydroxyl groups is 2. The molecule has 0 aromatic heterocycles. The minimum atomic E-state index is -3.40. The molecule has 0 saturated carbocycles. The first-order chi connectivity index (χ1) is 13.4. The first-order valence-corrected chi connectivity index (χ1v) is 10.4. The normalized spacial score (nSPS) is 12.7. The fourth-order valence-corrected chi connectivity index (χ4v) is 4.52. The molecule has 6 nitrogen and oxygen atoms in total. The third kappa shape index (κ3) is 5.15. The number of benzene rings is 3. The maximum absolute atomic E-state index is 13.5. The first-order valence-electron chi connectivity index (χ1n) is 8.58. The highest BCUT2D eigenvalue weighted by Gasteiger charge is 2.29. The summed E-state index contributed by atoms with van der Waals surface area (Å²) in [6, 6.07) is 20.3. The maximum atomic E-state index is 13.5. The Kier molecular flexibility index (Phi) is 6.02. The third-order valence-electron chi connectivity index (χ3n) is 3.92. The Morgan fingerprint density at radius 3 is 1.89 bits per heavy atom. The summed E-state index contributed by atoms with van der Waals surface area (Å²) in [6.07, 6.45) is -0.167. The van der Waals surface area contributed by atoms with Crippen LogP contribution in [0.3, 0.4) is 0 Å². The summed E-state index contributed by atoms with van der Waals surface area (Å²) in [5, 5.41) is 19.2. The van der Waals surface area contributed by atoms with Gasteiger partial charge in [-0.3, -0.25) is 9.36 Å². The fraction of sp³-hybridized carbons (Fsp3) is 0.0952. The van der Waals surface area contributed by atoms with Gasteiger partial charge in [0.15, 0.2) is 0 Å². The highest BCUT2D eigenvalue weighted by atomic mass is 31.2. The van der Waals surface area contributed by atoms with E-state index in [4.69, 9.17) is 9.26 Å². The molecule has 0 aliphatic rings. The summed E-state index contributed by atoms with van der Waals surface area (Å²) < 4.78 is 24.5. The van der Waals surface area contributed by atoms with Gasteiger partial charge in [-0.1, -0.05) is 18.2 Å². The van der Waals surface area contributed by atoms with E-state index in [1.165, 1.54) is 48.5 Å². The number of carbonyl (C=O) groups is 1. The second kappa shape index (κ2) is 8.63. The zero-order chi connectivity index (χ0) is 20.0. The highest BCUT2D eigenvalue weighted by molar-refractivity contribution is 7.67. The van der Waals surface area contributed by atoms with Crippen LogP contribution >= 0.6 is 7.37 Å². The SMILES string of the molecule is O=C(CCP(=O)(Oc1ccc(O)cc1)c1ccccc1)Oc1ccc(O)cc1. The summed E-state index contributed by atoms with van der Waals surface area (Å²) in [5.41, 5.74) is 0. The van der Waals surface area contributed by atoms with Crippen molar-refractivity contribution in [3.8, 4) is 23.0 Å². The molecule has 0 aliphatic carbocycles. The van der Waals surface area contributed by atoms with Gasteiger partial charge in [-0.05, 0) is 60.7 Å². The van der Waals surface area contributed by atoms with Gasteiger partial charge in [-0.15, -0.1) is 0 Å². The molecule has 144 valence electrons. The van der Waals surface area contributed by atoms with Crippen molar-refractivity contribution in [3.63, 3.8) is 0 Å². The van der Waals surface area contributed by atoms with Crippen LogP contribution < -0.4 is 14.6 Å². The molecule has 28 heavy (non-hydrogen) atoms. The average Bonchev–Trinajstić information content (AvgIpc) is 2.71. The van der Waals surface area contributed by atoms with Gasteiger partial charge in [0.1, 0.15) is 23.0 Å². The Bertz CT molecular complexity index is 968. The number of hydrogen-bond donors (Lipinski definition) is 2. The van der Waals surface area contributed by atoms with Crippen LogP contribution in [0.2, 0.25) is 0 Å². The smallest absolute Gasteiger partial charge is 0.311 e. The van der Waals surface area contributed by atoms with Crippen LogP contribution in [-0.2, 0) is 9.36 Å². The number of carbonyl (C=O) groups excluding carboxylic acids is 1. The van der Waals surface area contributed by atoms with Crippen LogP contribution in [0, 0.1) is 0 Å². The Morgan fingerprint density at radius 2 is 1.32 bits per heavy atom. The van der Waals surface area contributed by atoms with E-state index in [2.05, 4.69) is 0 Å². The molecule has 7 heteroatoms. The third-order valence-corrected chi connectivity index (χ3v) is 6.32. The first kappa shape index (κ1) is 19.5. The van der Waals surface area contributed by atoms with Crippen molar-refractivity contribution in [2.24, 2.45) is 0 Å². The second-order valence-electron chi connectivity index (χ2n) is 6.04. The molecular weight excluding hydrogens is 379 g/mol. The zero-order valence-corrected chi connectivity index (χ0v) is 15.8. The lowest BCUT2D eigenvalue weighted by Crippen LogP contribution is -2.17. The number of phenolic OH excluding ortho intramolecular Hbond substituents is 2. The van der Waals surface area contributed by atoms with Crippen molar-refractivity contribution >= 4 is 18.6 Å². The molecule has 0 spiro atoms. The van der Waals surface area contributed by atoms with E-state index >= 15 is 0 Å². The van der Waals surface area contributed by atoms with Gasteiger partial charge in [0.25, 0.3) is 7.37 Å². The van der Waals surface area contributed by atoms with E-state index in [9.17, 15) is 19.6 Å². The number of hydrogen-bond acceptors (Lipinski definition) is 6. The lowest BCUT2D eigenvalue weighted by Gasteiger charge is -2.20. The molecule has 3 aromatic rings. The molecule has 0 aliphatic heterocycles. The molecule has 1 unspecified atom stereocenters. The van der Waals surface area contributed by atoms with Crippen LogP contribution in [0.1, 0.15) is 6.42 Å². The molecule has 2 N–H and O–H groups in total. The Balaban J connectivity index is 1.73. The average molecular weight is 398 g/mol. The van der Waals surface area contributed by atoms with E-state index in [0.29, 0.717) is 11.1 Å². The van der Waals surface area contributed by atoms with E-state index in [1.54, 1.807) is 30.3 Å². The summed E-state index contributed by atoms with van der Waals surface area (Å²) in [4.78, 5) is 12.2. The molecule has 0 fully saturated rings. The van der Waals surface area contributed by atoms with E-state index in [0.717, 1.165) is 0 Å². The predicted molar refractivity (Wildman–Crippen MR) is 106 cm³/mol. The van der Waals surface area contributed by atoms with Gasteiger partial charge in [0, 0.05) is 11.5 Å². The van der Waals surface area contributed by atoms with E-state index in [1.807, 2.05) is 0 Å². The van der Waals surface area contributed by atoms with Crippen molar-refractivity contribution < 1.29 is 28.8 Å². The van der Waals surface area contributed by atoms with Crippen molar-refractivity contribution in [3.05, 3.63) is 78.9 Å². The van der Waals surface area contributed by atoms with Gasteiger partial charge in [-0.25, -0.2) is 0 Å². The van der Waals surface area contributed by atoms with Crippen molar-refractivity contribution in [2.45, 2.75) is 6.42 Å². The van der Waals surface area contributed by atoms with Gasteiger partial charge < -0.3 is 19.5 Å². The van der Waals surface area contributed by atoms with E-state index < -0.39 is 13.3 Å². The minimum absolute atomic E-state index is 0.0468. The molecule has 0 heterocycles. The Hall–Kier alpha value is -3.24. The van der Waals surface area contributed by atoms with E-state index in [-0.39, 0.29) is 29.8 Å². The number of rotatable bonds is 7. The molecular formula is C21H19O6P. The number of phenols is 2. The predicted octanol–water partition coefficient (Wildman–Crippen LogP) is 4.08. The summed E-state index contributed by atoms with van der Waals surface area (Å²) in [7, 11) is -3.40. The van der Waals surface area contributed by atoms with Crippen LogP contribution in [-0.4, -0.2) is 22.3 Å². The van der Waals surface area contributed by atoms with Gasteiger partial charge in [-0.2, -0.15) is 0 Å². The summed E-state index contributed by atoms with van der Waals surface area (Å²) in [5.74, 6) is 0.194. The van der Waals surface area contributed by atoms with Gasteiger partial charge >= 0.3 is 5.97 Å². The Labute approximate surface area is 162 Å². The number of ether oxygens (including phenoxy) is 1. The topological polar surface area (TPSA) is 93.1 Å². The lowest BCUT2D eigenvalue weighted by atomic mass is 10.3. The maximum Gasteiger partial charge on any atom is 0.311 e. The van der Waals surface area contributed by atoms with Crippen molar-refractivity contribution in [1.29, 1.82) is 0 Å². The molecule has 0 bridgehead atoms. The van der Waals surface area contributed by atoms with Gasteiger partial charge in [0.05, 0.1) is 6.42 Å². The fourth-order valence-electron chi connectivity index (χ4n) is 2.49. The van der Waals surface area contributed by atoms with Crippen molar-refractivity contribution in [1.82, 2.24) is 0 Å². The van der Waals surface area contributed by atoms with Gasteiger partial charge in [0.2, 0.25) is 0 Å². The lowest BCUT2D eigenvalue weighted by molar-refractivity contribution is -0.133. The minimum Gasteiger partial charge on any atom is -0.508 e.